The Balaban J connectivity index is 2.42. The minimum absolute atomic E-state index is 0.00425. The van der Waals surface area contributed by atoms with Crippen LogP contribution in [0, 0.1) is 0 Å². The third-order valence-corrected chi connectivity index (χ3v) is 4.05. The van der Waals surface area contributed by atoms with Gasteiger partial charge in [0.2, 0.25) is 15.9 Å². The van der Waals surface area contributed by atoms with Gasteiger partial charge in [0, 0.05) is 6.54 Å². The summed E-state index contributed by atoms with van der Waals surface area (Å²) in [6, 6.07) is 5.81. The number of nitrogens with two attached hydrogens (primary N) is 1. The second-order valence-electron chi connectivity index (χ2n) is 3.85. The van der Waals surface area contributed by atoms with E-state index in [1.807, 2.05) is 0 Å². The second kappa shape index (κ2) is 7.27. The number of carbonyl (C=O) groups excluding carboxylic acids is 1. The molecule has 0 atom stereocenters. The number of amides is 1. The van der Waals surface area contributed by atoms with Gasteiger partial charge in [-0.05, 0) is 17.7 Å². The SMILES string of the molecule is NS(=O)(=O)c1ccc(CNC(=O)CSCC(=O)O)cc1. The summed E-state index contributed by atoms with van der Waals surface area (Å²) in [5.41, 5.74) is 0.717. The standard InChI is InChI=1S/C11H14N2O5S2/c12-20(17,18)9-3-1-8(2-4-9)5-13-10(14)6-19-7-11(15)16/h1-4H,5-7H2,(H,13,14)(H,15,16)(H2,12,17,18). The van der Waals surface area contributed by atoms with Crippen molar-refractivity contribution in [2.24, 2.45) is 5.14 Å². The number of hydrogen-bond acceptors (Lipinski definition) is 5. The molecule has 0 fully saturated rings. The van der Waals surface area contributed by atoms with Crippen LogP contribution < -0.4 is 10.5 Å². The van der Waals surface area contributed by atoms with Crippen molar-refractivity contribution in [1.29, 1.82) is 0 Å². The fraction of sp³-hybridized carbons (Fsp3) is 0.273. The van der Waals surface area contributed by atoms with Gasteiger partial charge in [-0.25, -0.2) is 13.6 Å². The van der Waals surface area contributed by atoms with Gasteiger partial charge in [-0.15, -0.1) is 11.8 Å². The second-order valence-corrected chi connectivity index (χ2v) is 6.40. The Kier molecular flexibility index (Phi) is 5.99. The molecule has 0 bridgehead atoms. The van der Waals surface area contributed by atoms with E-state index in [9.17, 15) is 18.0 Å². The van der Waals surface area contributed by atoms with Gasteiger partial charge in [0.15, 0.2) is 0 Å². The smallest absolute Gasteiger partial charge is 0.313 e. The molecule has 0 aliphatic rings. The first-order valence-corrected chi connectivity index (χ1v) is 8.17. The van der Waals surface area contributed by atoms with E-state index >= 15 is 0 Å². The van der Waals surface area contributed by atoms with E-state index in [-0.39, 0.29) is 28.9 Å². The first-order valence-electron chi connectivity index (χ1n) is 5.47. The summed E-state index contributed by atoms with van der Waals surface area (Å²) >= 11 is 1.00. The zero-order valence-electron chi connectivity index (χ0n) is 10.4. The normalized spacial score (nSPS) is 11.1. The van der Waals surface area contributed by atoms with Crippen LogP contribution in [-0.4, -0.2) is 36.9 Å². The number of carboxylic acids is 1. The molecule has 1 aromatic rings. The number of carboxylic acid groups (broad SMARTS) is 1. The molecule has 1 rings (SSSR count). The van der Waals surface area contributed by atoms with Crippen molar-refractivity contribution in [2.75, 3.05) is 11.5 Å². The van der Waals surface area contributed by atoms with Crippen LogP contribution in [0.3, 0.4) is 0 Å². The molecular weight excluding hydrogens is 304 g/mol. The number of primary sulfonamides is 1. The van der Waals surface area contributed by atoms with Crippen LogP contribution >= 0.6 is 11.8 Å². The maximum atomic E-state index is 11.4. The van der Waals surface area contributed by atoms with Crippen molar-refractivity contribution >= 4 is 33.7 Å². The zero-order chi connectivity index (χ0) is 15.2. The topological polar surface area (TPSA) is 127 Å². The minimum Gasteiger partial charge on any atom is -0.481 e. The zero-order valence-corrected chi connectivity index (χ0v) is 12.0. The highest BCUT2D eigenvalue weighted by atomic mass is 32.2. The van der Waals surface area contributed by atoms with Crippen molar-refractivity contribution in [3.8, 4) is 0 Å². The molecule has 0 aliphatic carbocycles. The molecule has 1 amide bonds. The largest absolute Gasteiger partial charge is 0.481 e. The van der Waals surface area contributed by atoms with Gasteiger partial charge in [0.05, 0.1) is 16.4 Å². The predicted molar refractivity (Wildman–Crippen MR) is 74.6 cm³/mol. The average Bonchev–Trinajstić information content (AvgIpc) is 2.35. The first kappa shape index (κ1) is 16.5. The van der Waals surface area contributed by atoms with Gasteiger partial charge in [-0.2, -0.15) is 0 Å². The molecule has 7 nitrogen and oxygen atoms in total. The molecule has 4 N–H and O–H groups in total. The van der Waals surface area contributed by atoms with E-state index in [0.717, 1.165) is 11.8 Å². The average molecular weight is 318 g/mol. The van der Waals surface area contributed by atoms with Gasteiger partial charge in [-0.3, -0.25) is 9.59 Å². The highest BCUT2D eigenvalue weighted by Gasteiger charge is 2.07. The van der Waals surface area contributed by atoms with Crippen LogP contribution in [0.1, 0.15) is 5.56 Å². The molecule has 9 heteroatoms. The number of nitrogens with one attached hydrogen (secondary N) is 1. The van der Waals surface area contributed by atoms with Crippen molar-refractivity contribution in [1.82, 2.24) is 5.32 Å². The molecule has 0 radical (unpaired) electrons. The molecule has 110 valence electrons. The summed E-state index contributed by atoms with van der Waals surface area (Å²) in [5.74, 6) is -1.33. The first-order chi connectivity index (χ1) is 9.29. The minimum atomic E-state index is -3.72. The number of hydrogen-bond donors (Lipinski definition) is 3. The maximum absolute atomic E-state index is 11.4. The Morgan fingerprint density at radius 1 is 1.20 bits per heavy atom. The summed E-state index contributed by atoms with van der Waals surface area (Å²) in [5, 5.41) is 16.0. The molecule has 0 aliphatic heterocycles. The number of carbonyl (C=O) groups is 2. The van der Waals surface area contributed by atoms with E-state index in [1.54, 1.807) is 12.1 Å². The molecule has 0 heterocycles. The quantitative estimate of drug-likeness (QED) is 0.637. The third-order valence-electron chi connectivity index (χ3n) is 2.20. The van der Waals surface area contributed by atoms with E-state index in [0.29, 0.717) is 5.56 Å². The van der Waals surface area contributed by atoms with E-state index in [1.165, 1.54) is 12.1 Å². The fourth-order valence-corrected chi connectivity index (χ4v) is 2.36. The van der Waals surface area contributed by atoms with E-state index < -0.39 is 16.0 Å². The molecule has 0 saturated carbocycles. The molecule has 0 unspecified atom stereocenters. The molecule has 0 saturated heterocycles. The molecular formula is C11H14N2O5S2. The maximum Gasteiger partial charge on any atom is 0.313 e. The van der Waals surface area contributed by atoms with E-state index in [2.05, 4.69) is 5.32 Å². The number of sulfonamides is 1. The summed E-state index contributed by atoms with van der Waals surface area (Å²) in [7, 11) is -3.72. The van der Waals surface area contributed by atoms with E-state index in [4.69, 9.17) is 10.2 Å². The van der Waals surface area contributed by atoms with Gasteiger partial charge in [-0.1, -0.05) is 12.1 Å². The monoisotopic (exact) mass is 318 g/mol. The summed E-state index contributed by atoms with van der Waals surface area (Å²) in [4.78, 5) is 21.6. The number of thioether (sulfide) groups is 1. The molecule has 1 aromatic carbocycles. The Morgan fingerprint density at radius 3 is 2.30 bits per heavy atom. The van der Waals surface area contributed by atoms with Crippen molar-refractivity contribution in [2.45, 2.75) is 11.4 Å². The molecule has 20 heavy (non-hydrogen) atoms. The summed E-state index contributed by atoms with van der Waals surface area (Å²) < 4.78 is 22.1. The van der Waals surface area contributed by atoms with Crippen molar-refractivity contribution < 1.29 is 23.1 Å². The Hall–Kier alpha value is -1.58. The number of rotatable bonds is 7. The lowest BCUT2D eigenvalue weighted by Crippen LogP contribution is -2.25. The number of aliphatic carboxylic acids is 1. The van der Waals surface area contributed by atoms with Crippen LogP contribution in [-0.2, 0) is 26.2 Å². The van der Waals surface area contributed by atoms with Gasteiger partial charge in [0.1, 0.15) is 0 Å². The van der Waals surface area contributed by atoms with Gasteiger partial charge in [0.25, 0.3) is 0 Å². The Bertz CT molecular complexity index is 583. The van der Waals surface area contributed by atoms with Crippen molar-refractivity contribution in [3.63, 3.8) is 0 Å². The molecule has 0 spiro atoms. The summed E-state index contributed by atoms with van der Waals surface area (Å²) in [6.45, 7) is 0.233. The predicted octanol–water partition coefficient (Wildman–Crippen LogP) is -0.232. The lowest BCUT2D eigenvalue weighted by atomic mass is 10.2. The van der Waals surface area contributed by atoms with Crippen LogP contribution in [0.25, 0.3) is 0 Å². The highest BCUT2D eigenvalue weighted by Crippen LogP contribution is 2.08. The van der Waals surface area contributed by atoms with Crippen molar-refractivity contribution in [3.05, 3.63) is 29.8 Å². The van der Waals surface area contributed by atoms with Crippen LogP contribution in [0.5, 0.6) is 0 Å². The number of benzene rings is 1. The Morgan fingerprint density at radius 2 is 1.80 bits per heavy atom. The highest BCUT2D eigenvalue weighted by molar-refractivity contribution is 8.00. The Labute approximate surface area is 120 Å². The molecule has 0 aromatic heterocycles. The summed E-state index contributed by atoms with van der Waals surface area (Å²) in [6.07, 6.45) is 0. The van der Waals surface area contributed by atoms with Crippen LogP contribution in [0.4, 0.5) is 0 Å². The van der Waals surface area contributed by atoms with Gasteiger partial charge >= 0.3 is 5.97 Å². The third kappa shape index (κ3) is 6.04. The van der Waals surface area contributed by atoms with Crippen LogP contribution in [0.2, 0.25) is 0 Å². The lowest BCUT2D eigenvalue weighted by Gasteiger charge is -2.05. The lowest BCUT2D eigenvalue weighted by molar-refractivity contribution is -0.133. The van der Waals surface area contributed by atoms with Crippen LogP contribution in [0.15, 0.2) is 29.2 Å². The fourth-order valence-electron chi connectivity index (χ4n) is 1.28. The van der Waals surface area contributed by atoms with Gasteiger partial charge < -0.3 is 10.4 Å².